The van der Waals surface area contributed by atoms with Crippen LogP contribution in [0.5, 0.6) is 5.75 Å². The number of hydrogen-bond donors (Lipinski definition) is 2. The third kappa shape index (κ3) is 4.60. The molecule has 27 heavy (non-hydrogen) atoms. The predicted octanol–water partition coefficient (Wildman–Crippen LogP) is 4.85. The number of amides is 2. The highest BCUT2D eigenvalue weighted by molar-refractivity contribution is 6.30. The first-order valence-corrected chi connectivity index (χ1v) is 8.84. The molecule has 140 valence electrons. The molecule has 7 heteroatoms. The zero-order chi connectivity index (χ0) is 19.4. The van der Waals surface area contributed by atoms with E-state index in [9.17, 15) is 4.79 Å². The molecule has 0 bridgehead atoms. The van der Waals surface area contributed by atoms with Gasteiger partial charge in [0.05, 0.1) is 30.7 Å². The first-order chi connectivity index (χ1) is 13.0. The molecule has 0 fully saturated rings. The van der Waals surface area contributed by atoms with Gasteiger partial charge in [-0.2, -0.15) is 5.10 Å². The maximum Gasteiger partial charge on any atom is 0.323 e. The van der Waals surface area contributed by atoms with Crippen molar-refractivity contribution in [2.45, 2.75) is 20.4 Å². The molecule has 0 radical (unpaired) electrons. The van der Waals surface area contributed by atoms with Crippen LogP contribution in [0.3, 0.4) is 0 Å². The van der Waals surface area contributed by atoms with E-state index >= 15 is 0 Å². The number of nitrogens with zero attached hydrogens (tertiary/aromatic N) is 2. The number of benzene rings is 2. The van der Waals surface area contributed by atoms with Crippen molar-refractivity contribution in [1.29, 1.82) is 0 Å². The Labute approximate surface area is 163 Å². The maximum absolute atomic E-state index is 12.3. The highest BCUT2D eigenvalue weighted by Gasteiger charge is 2.15. The number of aromatic nitrogens is 2. The molecule has 0 atom stereocenters. The van der Waals surface area contributed by atoms with Crippen LogP contribution in [0.2, 0.25) is 5.02 Å². The highest BCUT2D eigenvalue weighted by Crippen LogP contribution is 2.22. The molecule has 0 saturated carbocycles. The van der Waals surface area contributed by atoms with E-state index in [4.69, 9.17) is 16.3 Å². The van der Waals surface area contributed by atoms with Gasteiger partial charge in [-0.1, -0.05) is 29.8 Å². The van der Waals surface area contributed by atoms with Gasteiger partial charge in [-0.3, -0.25) is 4.68 Å². The van der Waals surface area contributed by atoms with Crippen LogP contribution in [0.15, 0.2) is 48.5 Å². The molecule has 2 N–H and O–H groups in total. The van der Waals surface area contributed by atoms with Crippen LogP contribution < -0.4 is 15.4 Å². The van der Waals surface area contributed by atoms with Gasteiger partial charge in [0.25, 0.3) is 0 Å². The van der Waals surface area contributed by atoms with Crippen molar-refractivity contribution >= 4 is 29.0 Å². The van der Waals surface area contributed by atoms with E-state index < -0.39 is 0 Å². The molecular weight excluding hydrogens is 364 g/mol. The molecule has 3 rings (SSSR count). The lowest BCUT2D eigenvalue weighted by Crippen LogP contribution is -2.20. The number of hydrogen-bond acceptors (Lipinski definition) is 3. The Kier molecular flexibility index (Phi) is 5.66. The van der Waals surface area contributed by atoms with Gasteiger partial charge in [-0.15, -0.1) is 0 Å². The van der Waals surface area contributed by atoms with Gasteiger partial charge in [-0.25, -0.2) is 4.79 Å². The normalized spacial score (nSPS) is 10.5. The number of urea groups is 1. The smallest absolute Gasteiger partial charge is 0.323 e. The molecule has 1 aromatic heterocycles. The van der Waals surface area contributed by atoms with Crippen LogP contribution in [0.1, 0.15) is 17.0 Å². The number of methoxy groups -OCH3 is 1. The summed E-state index contributed by atoms with van der Waals surface area (Å²) in [5.74, 6) is 0.799. The van der Waals surface area contributed by atoms with E-state index in [0.717, 1.165) is 22.7 Å². The zero-order valence-electron chi connectivity index (χ0n) is 15.4. The molecule has 2 aromatic carbocycles. The fourth-order valence-corrected chi connectivity index (χ4v) is 3.01. The minimum Gasteiger partial charge on any atom is -0.497 e. The predicted molar refractivity (Wildman–Crippen MR) is 108 cm³/mol. The van der Waals surface area contributed by atoms with Gasteiger partial charge in [-0.05, 0) is 49.7 Å². The molecular formula is C20H21ClN4O2. The molecule has 0 aliphatic heterocycles. The van der Waals surface area contributed by atoms with Crippen LogP contribution in [-0.4, -0.2) is 22.9 Å². The van der Waals surface area contributed by atoms with Crippen LogP contribution >= 0.6 is 11.6 Å². The van der Waals surface area contributed by atoms with E-state index in [2.05, 4.69) is 15.7 Å². The van der Waals surface area contributed by atoms with E-state index in [0.29, 0.717) is 22.9 Å². The average molecular weight is 385 g/mol. The zero-order valence-corrected chi connectivity index (χ0v) is 16.2. The summed E-state index contributed by atoms with van der Waals surface area (Å²) in [4.78, 5) is 12.3. The Morgan fingerprint density at radius 3 is 2.67 bits per heavy atom. The van der Waals surface area contributed by atoms with Crippen LogP contribution in [-0.2, 0) is 6.54 Å². The maximum atomic E-state index is 12.3. The van der Waals surface area contributed by atoms with Gasteiger partial charge < -0.3 is 15.4 Å². The third-order valence-corrected chi connectivity index (χ3v) is 4.40. The number of anilines is 2. The van der Waals surface area contributed by atoms with Gasteiger partial charge in [0.1, 0.15) is 5.75 Å². The average Bonchev–Trinajstić information content (AvgIpc) is 2.89. The van der Waals surface area contributed by atoms with E-state index in [1.54, 1.807) is 31.4 Å². The van der Waals surface area contributed by atoms with Gasteiger partial charge in [0.2, 0.25) is 0 Å². The lowest BCUT2D eigenvalue weighted by Gasteiger charge is -2.09. The SMILES string of the molecule is COc1cccc(Cn2nc(C)c(NC(=O)Nc3cccc(Cl)c3)c2C)c1. The summed E-state index contributed by atoms with van der Waals surface area (Å²) in [5.41, 5.74) is 4.00. The van der Waals surface area contributed by atoms with Gasteiger partial charge in [0, 0.05) is 10.7 Å². The van der Waals surface area contributed by atoms with E-state index in [1.807, 2.05) is 42.8 Å². The first kappa shape index (κ1) is 18.8. The van der Waals surface area contributed by atoms with E-state index in [-0.39, 0.29) is 6.03 Å². The molecule has 0 aliphatic rings. The molecule has 1 heterocycles. The fraction of sp³-hybridized carbons (Fsp3) is 0.200. The van der Waals surface area contributed by atoms with Crippen LogP contribution in [0, 0.1) is 13.8 Å². The Morgan fingerprint density at radius 1 is 1.15 bits per heavy atom. The molecule has 6 nitrogen and oxygen atoms in total. The highest BCUT2D eigenvalue weighted by atomic mass is 35.5. The summed E-state index contributed by atoms with van der Waals surface area (Å²) < 4.78 is 7.13. The second-order valence-electron chi connectivity index (χ2n) is 6.14. The van der Waals surface area contributed by atoms with Crippen LogP contribution in [0.25, 0.3) is 0 Å². The second-order valence-corrected chi connectivity index (χ2v) is 6.58. The monoisotopic (exact) mass is 384 g/mol. The lowest BCUT2D eigenvalue weighted by atomic mass is 10.2. The number of rotatable bonds is 5. The molecule has 3 aromatic rings. The molecule has 0 spiro atoms. The molecule has 2 amide bonds. The van der Waals surface area contributed by atoms with Crippen molar-refractivity contribution in [3.8, 4) is 5.75 Å². The van der Waals surface area contributed by atoms with Gasteiger partial charge in [0.15, 0.2) is 0 Å². The quantitative estimate of drug-likeness (QED) is 0.660. The number of aryl methyl sites for hydroxylation is 1. The minimum absolute atomic E-state index is 0.343. The summed E-state index contributed by atoms with van der Waals surface area (Å²) in [7, 11) is 1.64. The van der Waals surface area contributed by atoms with Crippen molar-refractivity contribution in [3.63, 3.8) is 0 Å². The number of carbonyl (C=O) groups is 1. The van der Waals surface area contributed by atoms with E-state index in [1.165, 1.54) is 0 Å². The summed E-state index contributed by atoms with van der Waals surface area (Å²) >= 11 is 5.95. The van der Waals surface area contributed by atoms with Crippen molar-refractivity contribution in [3.05, 3.63) is 70.5 Å². The summed E-state index contributed by atoms with van der Waals surface area (Å²) in [6, 6.07) is 14.5. The molecule has 0 saturated heterocycles. The molecule has 0 unspecified atom stereocenters. The Bertz CT molecular complexity index is 968. The molecule has 0 aliphatic carbocycles. The standard InChI is InChI=1S/C20H21ClN4O2/c1-13-19(23-20(26)22-17-8-5-7-16(21)11-17)14(2)25(24-13)12-15-6-4-9-18(10-15)27-3/h4-11H,12H2,1-3H3,(H2,22,23,26). The third-order valence-electron chi connectivity index (χ3n) is 4.17. The fourth-order valence-electron chi connectivity index (χ4n) is 2.82. The topological polar surface area (TPSA) is 68.2 Å². The Hall–Kier alpha value is -2.99. The summed E-state index contributed by atoms with van der Waals surface area (Å²) in [5, 5.41) is 10.8. The van der Waals surface area contributed by atoms with Crippen molar-refractivity contribution in [2.24, 2.45) is 0 Å². The number of halogens is 1. The number of ether oxygens (including phenoxy) is 1. The number of nitrogens with one attached hydrogen (secondary N) is 2. The summed E-state index contributed by atoms with van der Waals surface area (Å²) in [6.45, 7) is 4.38. The second kappa shape index (κ2) is 8.14. The summed E-state index contributed by atoms with van der Waals surface area (Å²) in [6.07, 6.45) is 0. The van der Waals surface area contributed by atoms with Gasteiger partial charge >= 0.3 is 6.03 Å². The number of carbonyl (C=O) groups excluding carboxylic acids is 1. The van der Waals surface area contributed by atoms with Crippen LogP contribution in [0.4, 0.5) is 16.2 Å². The first-order valence-electron chi connectivity index (χ1n) is 8.47. The van der Waals surface area contributed by atoms with Crippen molar-refractivity contribution in [2.75, 3.05) is 17.7 Å². The lowest BCUT2D eigenvalue weighted by molar-refractivity contribution is 0.262. The minimum atomic E-state index is -0.343. The Balaban J connectivity index is 1.74. The largest absolute Gasteiger partial charge is 0.497 e. The Morgan fingerprint density at radius 2 is 1.93 bits per heavy atom. The van der Waals surface area contributed by atoms with Crippen molar-refractivity contribution < 1.29 is 9.53 Å². The van der Waals surface area contributed by atoms with Crippen molar-refractivity contribution in [1.82, 2.24) is 9.78 Å².